The lowest BCUT2D eigenvalue weighted by molar-refractivity contribution is 0.282. The van der Waals surface area contributed by atoms with Gasteiger partial charge >= 0.3 is 0 Å². The second-order valence-corrected chi connectivity index (χ2v) is 5.77. The van der Waals surface area contributed by atoms with Gasteiger partial charge in [-0.25, -0.2) is 0 Å². The van der Waals surface area contributed by atoms with Gasteiger partial charge in [-0.2, -0.15) is 0 Å². The molecule has 0 aliphatic carbocycles. The van der Waals surface area contributed by atoms with Crippen LogP contribution in [0.4, 0.5) is 0 Å². The van der Waals surface area contributed by atoms with Gasteiger partial charge in [-0.3, -0.25) is 0 Å². The molecule has 0 unspecified atom stereocenters. The summed E-state index contributed by atoms with van der Waals surface area (Å²) in [5.41, 5.74) is 11.2. The lowest BCUT2D eigenvalue weighted by atomic mass is 9.87. The van der Waals surface area contributed by atoms with Crippen LogP contribution in [-0.2, 0) is 25.7 Å². The van der Waals surface area contributed by atoms with Crippen molar-refractivity contribution in [1.29, 1.82) is 0 Å². The van der Waals surface area contributed by atoms with E-state index in [0.29, 0.717) is 6.54 Å². The van der Waals surface area contributed by atoms with E-state index in [0.717, 1.165) is 63.1 Å². The molecule has 1 aromatic carbocycles. The lowest BCUT2D eigenvalue weighted by Crippen LogP contribution is -2.18. The molecular weight excluding hydrogens is 262 g/mol. The Morgan fingerprint density at radius 3 is 2.38 bits per heavy atom. The van der Waals surface area contributed by atoms with Crippen LogP contribution in [0.15, 0.2) is 0 Å². The summed E-state index contributed by atoms with van der Waals surface area (Å²) in [4.78, 5) is 0. The predicted molar refractivity (Wildman–Crippen MR) is 87.6 cm³/mol. The van der Waals surface area contributed by atoms with Gasteiger partial charge in [-0.1, -0.05) is 26.7 Å². The first kappa shape index (κ1) is 16.2. The fraction of sp³-hybridized carbons (Fsp3) is 0.667. The summed E-state index contributed by atoms with van der Waals surface area (Å²) in [5, 5.41) is 0. The van der Waals surface area contributed by atoms with Crippen molar-refractivity contribution in [2.45, 2.75) is 58.8 Å². The maximum absolute atomic E-state index is 6.07. The largest absolute Gasteiger partial charge is 0.496 e. The van der Waals surface area contributed by atoms with Crippen molar-refractivity contribution >= 4 is 0 Å². The number of rotatable bonds is 7. The molecule has 3 nitrogen and oxygen atoms in total. The monoisotopic (exact) mass is 291 g/mol. The molecule has 0 fully saturated rings. The van der Waals surface area contributed by atoms with E-state index < -0.39 is 0 Å². The van der Waals surface area contributed by atoms with Crippen molar-refractivity contribution in [1.82, 2.24) is 0 Å². The van der Waals surface area contributed by atoms with Crippen LogP contribution in [-0.4, -0.2) is 20.3 Å². The highest BCUT2D eigenvalue weighted by Gasteiger charge is 2.26. The summed E-state index contributed by atoms with van der Waals surface area (Å²) in [6.07, 6.45) is 7.41. The van der Waals surface area contributed by atoms with Gasteiger partial charge in [-0.05, 0) is 38.6 Å². The predicted octanol–water partition coefficient (Wildman–Crippen LogP) is 3.43. The van der Waals surface area contributed by atoms with E-state index in [1.165, 1.54) is 22.3 Å². The number of fused-ring (bicyclic) bond motifs is 1. The Bertz CT molecular complexity index is 483. The zero-order valence-corrected chi connectivity index (χ0v) is 13.8. The van der Waals surface area contributed by atoms with Crippen LogP contribution in [0.25, 0.3) is 0 Å². The minimum Gasteiger partial charge on any atom is -0.496 e. The number of nitrogens with two attached hydrogens (primary N) is 1. The Morgan fingerprint density at radius 1 is 1.05 bits per heavy atom. The average molecular weight is 291 g/mol. The zero-order valence-electron chi connectivity index (χ0n) is 13.8. The van der Waals surface area contributed by atoms with E-state index in [1.54, 1.807) is 7.11 Å². The first-order valence-corrected chi connectivity index (χ1v) is 8.34. The topological polar surface area (TPSA) is 44.5 Å². The Kier molecular flexibility index (Phi) is 5.92. The molecular formula is C18H29NO2. The molecule has 2 N–H and O–H groups in total. The van der Waals surface area contributed by atoms with Gasteiger partial charge in [-0.15, -0.1) is 0 Å². The molecule has 0 radical (unpaired) electrons. The van der Waals surface area contributed by atoms with E-state index in [9.17, 15) is 0 Å². The molecule has 21 heavy (non-hydrogen) atoms. The Morgan fingerprint density at radius 2 is 1.76 bits per heavy atom. The second-order valence-electron chi connectivity index (χ2n) is 5.77. The van der Waals surface area contributed by atoms with Crippen LogP contribution in [0.3, 0.4) is 0 Å². The molecule has 0 spiro atoms. The van der Waals surface area contributed by atoms with E-state index in [1.807, 2.05) is 0 Å². The van der Waals surface area contributed by atoms with Crippen LogP contribution in [0.5, 0.6) is 11.5 Å². The number of hydrogen-bond acceptors (Lipinski definition) is 3. The fourth-order valence-electron chi connectivity index (χ4n) is 3.46. The summed E-state index contributed by atoms with van der Waals surface area (Å²) in [6.45, 7) is 5.92. The molecule has 0 bridgehead atoms. The first-order valence-electron chi connectivity index (χ1n) is 8.34. The van der Waals surface area contributed by atoms with Gasteiger partial charge in [0.1, 0.15) is 11.5 Å². The highest BCUT2D eigenvalue weighted by Crippen LogP contribution is 2.42. The molecule has 0 saturated heterocycles. The number of methoxy groups -OCH3 is 1. The molecule has 1 aliphatic heterocycles. The number of benzene rings is 1. The third-order valence-corrected chi connectivity index (χ3v) is 4.24. The molecule has 2 rings (SSSR count). The normalized spacial score (nSPS) is 13.7. The molecule has 1 heterocycles. The van der Waals surface area contributed by atoms with Gasteiger partial charge in [0, 0.05) is 22.3 Å². The average Bonchev–Trinajstić information content (AvgIpc) is 2.51. The second kappa shape index (κ2) is 7.69. The number of ether oxygens (including phenoxy) is 2. The molecule has 118 valence electrons. The van der Waals surface area contributed by atoms with E-state index in [-0.39, 0.29) is 0 Å². The van der Waals surface area contributed by atoms with Crippen LogP contribution in [0, 0.1) is 0 Å². The zero-order chi connectivity index (χ0) is 15.2. The third kappa shape index (κ3) is 3.18. The van der Waals surface area contributed by atoms with Crippen molar-refractivity contribution in [2.24, 2.45) is 5.73 Å². The molecule has 0 aromatic heterocycles. The van der Waals surface area contributed by atoms with Gasteiger partial charge in [0.25, 0.3) is 0 Å². The van der Waals surface area contributed by atoms with Crippen molar-refractivity contribution in [3.8, 4) is 11.5 Å². The smallest absolute Gasteiger partial charge is 0.126 e. The standard InChI is InChI=1S/C18H29NO2/c1-4-7-13-15-9-6-12-21-18(15)16(10-11-19)14(8-5-2)17(13)20-3/h4-12,19H2,1-3H3. The Hall–Kier alpha value is -1.22. The maximum atomic E-state index is 6.07. The highest BCUT2D eigenvalue weighted by atomic mass is 16.5. The molecule has 0 amide bonds. The van der Waals surface area contributed by atoms with Crippen LogP contribution in [0.2, 0.25) is 0 Å². The van der Waals surface area contributed by atoms with Gasteiger partial charge < -0.3 is 15.2 Å². The fourth-order valence-corrected chi connectivity index (χ4v) is 3.46. The quantitative estimate of drug-likeness (QED) is 0.837. The van der Waals surface area contributed by atoms with E-state index in [4.69, 9.17) is 15.2 Å². The molecule has 0 saturated carbocycles. The molecule has 0 atom stereocenters. The van der Waals surface area contributed by atoms with Crippen molar-refractivity contribution in [3.63, 3.8) is 0 Å². The van der Waals surface area contributed by atoms with Crippen LogP contribution >= 0.6 is 0 Å². The third-order valence-electron chi connectivity index (χ3n) is 4.24. The minimum atomic E-state index is 0.656. The number of hydrogen-bond donors (Lipinski definition) is 1. The summed E-state index contributed by atoms with van der Waals surface area (Å²) in [6, 6.07) is 0. The summed E-state index contributed by atoms with van der Waals surface area (Å²) in [7, 11) is 1.80. The molecule has 1 aliphatic rings. The van der Waals surface area contributed by atoms with Crippen LogP contribution in [0.1, 0.15) is 55.4 Å². The Balaban J connectivity index is 2.67. The minimum absolute atomic E-state index is 0.656. The first-order chi connectivity index (χ1) is 10.3. The van der Waals surface area contributed by atoms with Crippen molar-refractivity contribution < 1.29 is 9.47 Å². The Labute approximate surface area is 128 Å². The van der Waals surface area contributed by atoms with Gasteiger partial charge in [0.05, 0.1) is 13.7 Å². The summed E-state index contributed by atoms with van der Waals surface area (Å²) in [5.74, 6) is 2.23. The van der Waals surface area contributed by atoms with E-state index >= 15 is 0 Å². The molecule has 1 aromatic rings. The van der Waals surface area contributed by atoms with Gasteiger partial charge in [0.2, 0.25) is 0 Å². The van der Waals surface area contributed by atoms with Crippen molar-refractivity contribution in [2.75, 3.05) is 20.3 Å². The SMILES string of the molecule is CCCc1c(CCN)c2c(c(CCC)c1OC)CCCO2. The van der Waals surface area contributed by atoms with Crippen molar-refractivity contribution in [3.05, 3.63) is 22.3 Å². The summed E-state index contributed by atoms with van der Waals surface area (Å²) < 4.78 is 11.9. The lowest BCUT2D eigenvalue weighted by Gasteiger charge is -2.28. The van der Waals surface area contributed by atoms with Gasteiger partial charge in [0.15, 0.2) is 0 Å². The highest BCUT2D eigenvalue weighted by molar-refractivity contribution is 5.60. The molecule has 3 heteroatoms. The van der Waals surface area contributed by atoms with Crippen LogP contribution < -0.4 is 15.2 Å². The van der Waals surface area contributed by atoms with E-state index in [2.05, 4.69) is 13.8 Å². The summed E-state index contributed by atoms with van der Waals surface area (Å²) >= 11 is 0. The maximum Gasteiger partial charge on any atom is 0.126 e.